The van der Waals surface area contributed by atoms with Gasteiger partial charge in [0.05, 0.1) is 17.4 Å². The van der Waals surface area contributed by atoms with Gasteiger partial charge in [0.25, 0.3) is 11.8 Å². The van der Waals surface area contributed by atoms with E-state index in [1.807, 2.05) is 0 Å². The zero-order valence-electron chi connectivity index (χ0n) is 14.1. The number of carbonyl (C=O) groups is 2. The molecule has 0 aliphatic carbocycles. The lowest BCUT2D eigenvalue weighted by molar-refractivity contribution is -0.137. The van der Waals surface area contributed by atoms with Crippen molar-refractivity contribution >= 4 is 34.9 Å². The van der Waals surface area contributed by atoms with Gasteiger partial charge < -0.3 is 15.1 Å². The maximum Gasteiger partial charge on any atom is 0.416 e. The van der Waals surface area contributed by atoms with Gasteiger partial charge in [0, 0.05) is 17.1 Å². The van der Waals surface area contributed by atoms with Crippen molar-refractivity contribution in [2.75, 3.05) is 5.32 Å². The minimum Gasteiger partial charge on any atom is -0.465 e. The number of amides is 2. The third-order valence-corrected chi connectivity index (χ3v) is 4.24. The van der Waals surface area contributed by atoms with Gasteiger partial charge in [-0.3, -0.25) is 9.59 Å². The quantitative estimate of drug-likeness (QED) is 0.600. The van der Waals surface area contributed by atoms with Crippen LogP contribution in [0.25, 0.3) is 6.08 Å². The van der Waals surface area contributed by atoms with E-state index in [4.69, 9.17) is 4.42 Å². The molecule has 0 saturated carbocycles. The summed E-state index contributed by atoms with van der Waals surface area (Å²) < 4.78 is 43.7. The highest BCUT2D eigenvalue weighted by atomic mass is 32.1. The Bertz CT molecular complexity index is 994. The summed E-state index contributed by atoms with van der Waals surface area (Å²) in [6.07, 6.45) is -1.87. The first-order valence-corrected chi connectivity index (χ1v) is 8.84. The number of anilines is 1. The average Bonchev–Trinajstić information content (AvgIpc) is 3.34. The lowest BCUT2D eigenvalue weighted by atomic mass is 10.2. The first-order chi connectivity index (χ1) is 13.3. The number of furan rings is 1. The minimum atomic E-state index is -4.54. The number of hydrogen-bond donors (Lipinski definition) is 2. The summed E-state index contributed by atoms with van der Waals surface area (Å²) in [5.74, 6) is -1.03. The van der Waals surface area contributed by atoms with Crippen LogP contribution in [0.5, 0.6) is 0 Å². The van der Waals surface area contributed by atoms with Crippen LogP contribution in [-0.2, 0) is 11.0 Å². The van der Waals surface area contributed by atoms with Gasteiger partial charge in [-0.05, 0) is 41.8 Å². The van der Waals surface area contributed by atoms with E-state index < -0.39 is 23.6 Å². The van der Waals surface area contributed by atoms with Gasteiger partial charge in [-0.25, -0.2) is 0 Å². The predicted molar refractivity (Wildman–Crippen MR) is 98.5 cm³/mol. The molecule has 0 aliphatic rings. The molecule has 144 valence electrons. The average molecular weight is 406 g/mol. The van der Waals surface area contributed by atoms with Gasteiger partial charge in [0.1, 0.15) is 11.5 Å². The highest BCUT2D eigenvalue weighted by Gasteiger charge is 2.30. The Hall–Kier alpha value is -3.33. The molecule has 0 saturated heterocycles. The fraction of sp³-hybridized carbons (Fsp3) is 0.0526. The second-order valence-electron chi connectivity index (χ2n) is 5.57. The SMILES string of the molecule is O=C(Nc1cccc(C(F)(F)F)c1)C(=Cc1ccco1)NC(=O)c1ccsc1. The number of alkyl halides is 3. The van der Waals surface area contributed by atoms with Crippen LogP contribution in [0.3, 0.4) is 0 Å². The van der Waals surface area contributed by atoms with Crippen LogP contribution in [-0.4, -0.2) is 11.8 Å². The molecule has 3 rings (SSSR count). The number of hydrogen-bond acceptors (Lipinski definition) is 4. The summed E-state index contributed by atoms with van der Waals surface area (Å²) in [6, 6.07) is 8.94. The summed E-state index contributed by atoms with van der Waals surface area (Å²) in [5.41, 5.74) is -0.787. The zero-order valence-corrected chi connectivity index (χ0v) is 14.9. The Kier molecular flexibility index (Phi) is 5.65. The first-order valence-electron chi connectivity index (χ1n) is 7.90. The molecule has 5 nitrogen and oxygen atoms in total. The second kappa shape index (κ2) is 8.13. The molecule has 28 heavy (non-hydrogen) atoms. The van der Waals surface area contributed by atoms with Crippen molar-refractivity contribution in [3.63, 3.8) is 0 Å². The maximum absolute atomic E-state index is 12.9. The standard InChI is InChI=1S/C19H13F3N2O3S/c20-19(21,22)13-3-1-4-14(9-13)23-18(26)16(10-15-5-2-7-27-15)24-17(25)12-6-8-28-11-12/h1-11H,(H,23,26)(H,24,25). The van der Waals surface area contributed by atoms with Crippen molar-refractivity contribution in [3.8, 4) is 0 Å². The van der Waals surface area contributed by atoms with E-state index in [0.29, 0.717) is 11.3 Å². The molecule has 2 aromatic heterocycles. The van der Waals surface area contributed by atoms with Gasteiger partial charge >= 0.3 is 6.18 Å². The lowest BCUT2D eigenvalue weighted by Gasteiger charge is -2.12. The van der Waals surface area contributed by atoms with Gasteiger partial charge in [-0.1, -0.05) is 6.07 Å². The summed E-state index contributed by atoms with van der Waals surface area (Å²) in [6.45, 7) is 0. The van der Waals surface area contributed by atoms with Crippen LogP contribution in [0, 0.1) is 0 Å². The van der Waals surface area contributed by atoms with E-state index in [1.165, 1.54) is 35.8 Å². The van der Waals surface area contributed by atoms with Gasteiger partial charge in [0.15, 0.2) is 0 Å². The van der Waals surface area contributed by atoms with E-state index in [1.54, 1.807) is 29.0 Å². The normalized spacial score (nSPS) is 11.9. The molecule has 3 aromatic rings. The smallest absolute Gasteiger partial charge is 0.416 e. The molecule has 2 N–H and O–H groups in total. The number of benzene rings is 1. The molecule has 0 bridgehead atoms. The molecule has 0 aliphatic heterocycles. The molecule has 2 amide bonds. The van der Waals surface area contributed by atoms with E-state index in [2.05, 4.69) is 10.6 Å². The van der Waals surface area contributed by atoms with Crippen molar-refractivity contribution in [1.82, 2.24) is 5.32 Å². The topological polar surface area (TPSA) is 71.3 Å². The maximum atomic E-state index is 12.9. The van der Waals surface area contributed by atoms with Gasteiger partial charge in [0.2, 0.25) is 0 Å². The Balaban J connectivity index is 1.84. The molecule has 0 radical (unpaired) electrons. The third-order valence-electron chi connectivity index (χ3n) is 3.55. The largest absolute Gasteiger partial charge is 0.465 e. The number of thiophene rings is 1. The fourth-order valence-electron chi connectivity index (χ4n) is 2.23. The van der Waals surface area contributed by atoms with Crippen molar-refractivity contribution in [3.05, 3.63) is 82.1 Å². The number of rotatable bonds is 5. The zero-order chi connectivity index (χ0) is 20.1. The Labute approximate surface area is 161 Å². The van der Waals surface area contributed by atoms with Gasteiger partial charge in [-0.15, -0.1) is 0 Å². The summed E-state index contributed by atoms with van der Waals surface area (Å²) in [5, 5.41) is 8.12. The monoisotopic (exact) mass is 406 g/mol. The molecule has 2 heterocycles. The summed E-state index contributed by atoms with van der Waals surface area (Å²) in [7, 11) is 0. The van der Waals surface area contributed by atoms with Crippen molar-refractivity contribution in [2.45, 2.75) is 6.18 Å². The van der Waals surface area contributed by atoms with Crippen LogP contribution in [0.1, 0.15) is 21.7 Å². The predicted octanol–water partition coefficient (Wildman–Crippen LogP) is 4.77. The minimum absolute atomic E-state index is 0.0602. The van der Waals surface area contributed by atoms with Crippen LogP contribution in [0.15, 0.2) is 69.6 Å². The number of halogens is 3. The second-order valence-corrected chi connectivity index (χ2v) is 6.35. The van der Waals surface area contributed by atoms with Crippen molar-refractivity contribution < 1.29 is 27.2 Å². The molecular formula is C19H13F3N2O3S. The Morgan fingerprint density at radius 2 is 1.93 bits per heavy atom. The molecule has 1 aromatic carbocycles. The molecule has 0 spiro atoms. The van der Waals surface area contributed by atoms with Crippen molar-refractivity contribution in [2.24, 2.45) is 0 Å². The molecule has 0 unspecified atom stereocenters. The molecular weight excluding hydrogens is 393 g/mol. The van der Waals surface area contributed by atoms with E-state index in [0.717, 1.165) is 12.1 Å². The Morgan fingerprint density at radius 3 is 2.57 bits per heavy atom. The van der Waals surface area contributed by atoms with E-state index >= 15 is 0 Å². The van der Waals surface area contributed by atoms with Gasteiger partial charge in [-0.2, -0.15) is 24.5 Å². The molecule has 0 fully saturated rings. The highest BCUT2D eigenvalue weighted by molar-refractivity contribution is 7.08. The fourth-order valence-corrected chi connectivity index (χ4v) is 2.87. The first kappa shape index (κ1) is 19.4. The van der Waals surface area contributed by atoms with E-state index in [-0.39, 0.29) is 11.4 Å². The van der Waals surface area contributed by atoms with Crippen molar-refractivity contribution in [1.29, 1.82) is 0 Å². The number of carbonyl (C=O) groups excluding carboxylic acids is 2. The number of nitrogens with one attached hydrogen (secondary N) is 2. The van der Waals surface area contributed by atoms with Crippen LogP contribution in [0.4, 0.5) is 18.9 Å². The summed E-state index contributed by atoms with van der Waals surface area (Å²) >= 11 is 1.31. The lowest BCUT2D eigenvalue weighted by Crippen LogP contribution is -2.30. The highest BCUT2D eigenvalue weighted by Crippen LogP contribution is 2.30. The molecule has 9 heteroatoms. The Morgan fingerprint density at radius 1 is 1.11 bits per heavy atom. The molecule has 0 atom stereocenters. The van der Waals surface area contributed by atoms with Crippen LogP contribution in [0.2, 0.25) is 0 Å². The summed E-state index contributed by atoms with van der Waals surface area (Å²) in [4.78, 5) is 24.9. The van der Waals surface area contributed by atoms with Crippen LogP contribution < -0.4 is 10.6 Å². The van der Waals surface area contributed by atoms with E-state index in [9.17, 15) is 22.8 Å². The van der Waals surface area contributed by atoms with Crippen LogP contribution >= 0.6 is 11.3 Å². The third kappa shape index (κ3) is 4.89.